The predicted molar refractivity (Wildman–Crippen MR) is 57.4 cm³/mol. The monoisotopic (exact) mass is 228 g/mol. The number of ketones is 1. The molecule has 15 heavy (non-hydrogen) atoms. The Labute approximate surface area is 91.7 Å². The average molecular weight is 228 g/mol. The van der Waals surface area contributed by atoms with Crippen LogP contribution in [0.15, 0.2) is 5.38 Å². The Kier molecular flexibility index (Phi) is 3.79. The van der Waals surface area contributed by atoms with Crippen molar-refractivity contribution in [1.29, 1.82) is 0 Å². The lowest BCUT2D eigenvalue weighted by atomic mass is 10.3. The third-order valence-corrected chi connectivity index (χ3v) is 2.58. The Morgan fingerprint density at radius 2 is 2.20 bits per heavy atom. The lowest BCUT2D eigenvalue weighted by Gasteiger charge is -2.05. The van der Waals surface area contributed by atoms with Crippen molar-refractivity contribution in [3.63, 3.8) is 0 Å². The second-order valence-corrected chi connectivity index (χ2v) is 3.80. The first-order valence-electron chi connectivity index (χ1n) is 4.40. The van der Waals surface area contributed by atoms with E-state index in [2.05, 4.69) is 9.72 Å². The molecule has 6 heteroatoms. The number of carbonyl (C=O) groups is 2. The Bertz CT molecular complexity index is 373. The molecule has 0 radical (unpaired) electrons. The maximum Gasteiger partial charge on any atom is 0.381 e. The zero-order chi connectivity index (χ0) is 11.4. The number of anilines is 1. The van der Waals surface area contributed by atoms with Crippen LogP contribution in [0, 0.1) is 0 Å². The molecule has 0 aliphatic carbocycles. The van der Waals surface area contributed by atoms with Gasteiger partial charge in [-0.1, -0.05) is 0 Å². The van der Waals surface area contributed by atoms with Crippen molar-refractivity contribution in [3.8, 4) is 0 Å². The molecule has 1 heterocycles. The zero-order valence-corrected chi connectivity index (χ0v) is 9.63. The predicted octanol–water partition coefficient (Wildman–Crippen LogP) is 0.955. The van der Waals surface area contributed by atoms with E-state index in [1.54, 1.807) is 17.2 Å². The van der Waals surface area contributed by atoms with Crippen LogP contribution in [0.1, 0.15) is 17.4 Å². The van der Waals surface area contributed by atoms with Crippen molar-refractivity contribution in [3.05, 3.63) is 11.1 Å². The second kappa shape index (κ2) is 4.88. The number of ether oxygens (including phenoxy) is 1. The molecule has 1 rings (SSSR count). The SMILES string of the molecule is CCOC(=O)C(=O)c1csc(N(C)C)n1. The van der Waals surface area contributed by atoms with Gasteiger partial charge in [0.25, 0.3) is 5.78 Å². The van der Waals surface area contributed by atoms with Crippen molar-refractivity contribution >= 4 is 28.2 Å². The fourth-order valence-corrected chi connectivity index (χ4v) is 1.61. The van der Waals surface area contributed by atoms with Gasteiger partial charge >= 0.3 is 5.97 Å². The quantitative estimate of drug-likeness (QED) is 0.436. The summed E-state index contributed by atoms with van der Waals surface area (Å²) in [6.45, 7) is 1.84. The Morgan fingerprint density at radius 1 is 1.53 bits per heavy atom. The molecule has 1 aromatic rings. The van der Waals surface area contributed by atoms with E-state index in [0.29, 0.717) is 5.13 Å². The number of hydrogen-bond acceptors (Lipinski definition) is 6. The molecule has 0 aromatic carbocycles. The molecule has 1 aromatic heterocycles. The van der Waals surface area contributed by atoms with Crippen LogP contribution < -0.4 is 4.90 Å². The third kappa shape index (κ3) is 2.76. The van der Waals surface area contributed by atoms with E-state index in [9.17, 15) is 9.59 Å². The molecule has 0 fully saturated rings. The van der Waals surface area contributed by atoms with Crippen LogP contribution in [0.4, 0.5) is 5.13 Å². The van der Waals surface area contributed by atoms with Gasteiger partial charge in [0.15, 0.2) is 5.13 Å². The molecule has 0 bridgehead atoms. The third-order valence-electron chi connectivity index (χ3n) is 1.57. The van der Waals surface area contributed by atoms with Gasteiger partial charge in [0, 0.05) is 19.5 Å². The molecule has 0 saturated heterocycles. The zero-order valence-electron chi connectivity index (χ0n) is 8.81. The van der Waals surface area contributed by atoms with Crippen LogP contribution in [0.3, 0.4) is 0 Å². The highest BCUT2D eigenvalue weighted by Crippen LogP contribution is 2.18. The van der Waals surface area contributed by atoms with Gasteiger partial charge < -0.3 is 9.64 Å². The molecule has 82 valence electrons. The van der Waals surface area contributed by atoms with E-state index in [1.807, 2.05) is 14.1 Å². The summed E-state index contributed by atoms with van der Waals surface area (Å²) in [5.41, 5.74) is 0.141. The largest absolute Gasteiger partial charge is 0.460 e. The van der Waals surface area contributed by atoms with Crippen molar-refractivity contribution in [1.82, 2.24) is 4.98 Å². The first-order chi connectivity index (χ1) is 7.06. The van der Waals surface area contributed by atoms with E-state index < -0.39 is 11.8 Å². The summed E-state index contributed by atoms with van der Waals surface area (Å²) in [7, 11) is 3.63. The summed E-state index contributed by atoms with van der Waals surface area (Å²) >= 11 is 1.31. The van der Waals surface area contributed by atoms with Gasteiger partial charge in [-0.05, 0) is 6.92 Å². The normalized spacial score (nSPS) is 9.80. The molecule has 0 spiro atoms. The summed E-state index contributed by atoms with van der Waals surface area (Å²) in [4.78, 5) is 28.3. The number of carbonyl (C=O) groups excluding carboxylic acids is 2. The number of aromatic nitrogens is 1. The lowest BCUT2D eigenvalue weighted by molar-refractivity contribution is -0.137. The Hall–Kier alpha value is -1.43. The molecule has 0 N–H and O–H groups in total. The first kappa shape index (κ1) is 11.6. The number of nitrogens with zero attached hydrogens (tertiary/aromatic N) is 2. The molecule has 0 amide bonds. The maximum atomic E-state index is 11.4. The molecular weight excluding hydrogens is 216 g/mol. The number of esters is 1. The van der Waals surface area contributed by atoms with Gasteiger partial charge in [-0.15, -0.1) is 11.3 Å². The highest BCUT2D eigenvalue weighted by atomic mass is 32.1. The Morgan fingerprint density at radius 3 is 2.67 bits per heavy atom. The summed E-state index contributed by atoms with van der Waals surface area (Å²) in [5, 5.41) is 2.23. The van der Waals surface area contributed by atoms with E-state index in [0.717, 1.165) is 0 Å². The van der Waals surface area contributed by atoms with Gasteiger partial charge in [0.2, 0.25) is 0 Å². The topological polar surface area (TPSA) is 59.5 Å². The van der Waals surface area contributed by atoms with Crippen LogP contribution in [0.25, 0.3) is 0 Å². The molecule has 5 nitrogen and oxygen atoms in total. The fraction of sp³-hybridized carbons (Fsp3) is 0.444. The summed E-state index contributed by atoms with van der Waals surface area (Å²) < 4.78 is 4.59. The van der Waals surface area contributed by atoms with Crippen LogP contribution >= 0.6 is 11.3 Å². The van der Waals surface area contributed by atoms with Gasteiger partial charge in [0.1, 0.15) is 5.69 Å². The van der Waals surface area contributed by atoms with E-state index in [-0.39, 0.29) is 12.3 Å². The van der Waals surface area contributed by atoms with Crippen LogP contribution in [-0.2, 0) is 9.53 Å². The molecular formula is C9H12N2O3S. The van der Waals surface area contributed by atoms with Crippen molar-refractivity contribution in [2.24, 2.45) is 0 Å². The van der Waals surface area contributed by atoms with Crippen molar-refractivity contribution < 1.29 is 14.3 Å². The van der Waals surface area contributed by atoms with Gasteiger partial charge in [0.05, 0.1) is 6.61 Å². The minimum atomic E-state index is -0.854. The van der Waals surface area contributed by atoms with Gasteiger partial charge in [-0.2, -0.15) is 0 Å². The highest BCUT2D eigenvalue weighted by Gasteiger charge is 2.20. The maximum absolute atomic E-state index is 11.4. The molecule has 0 saturated carbocycles. The van der Waals surface area contributed by atoms with Crippen molar-refractivity contribution in [2.75, 3.05) is 25.6 Å². The van der Waals surface area contributed by atoms with Crippen LogP contribution in [-0.4, -0.2) is 37.4 Å². The first-order valence-corrected chi connectivity index (χ1v) is 5.28. The Balaban J connectivity index is 2.78. The van der Waals surface area contributed by atoms with E-state index in [4.69, 9.17) is 0 Å². The van der Waals surface area contributed by atoms with Crippen molar-refractivity contribution in [2.45, 2.75) is 6.92 Å². The second-order valence-electron chi connectivity index (χ2n) is 2.96. The summed E-state index contributed by atoms with van der Waals surface area (Å²) in [6, 6.07) is 0. The molecule has 0 unspecified atom stereocenters. The average Bonchev–Trinajstić information content (AvgIpc) is 2.65. The van der Waals surface area contributed by atoms with Gasteiger partial charge in [-0.3, -0.25) is 4.79 Å². The van der Waals surface area contributed by atoms with E-state index >= 15 is 0 Å². The molecule has 0 aliphatic heterocycles. The number of thiazole rings is 1. The van der Waals surface area contributed by atoms with Gasteiger partial charge in [-0.25, -0.2) is 9.78 Å². The standard InChI is InChI=1S/C9H12N2O3S/c1-4-14-8(13)7(12)6-5-15-9(10-6)11(2)3/h5H,4H2,1-3H3. The fourth-order valence-electron chi connectivity index (χ4n) is 0.875. The summed E-state index contributed by atoms with van der Waals surface area (Å²) in [5.74, 6) is -1.55. The lowest BCUT2D eigenvalue weighted by Crippen LogP contribution is -2.18. The molecule has 0 aliphatic rings. The number of hydrogen-bond donors (Lipinski definition) is 0. The highest BCUT2D eigenvalue weighted by molar-refractivity contribution is 7.14. The van der Waals surface area contributed by atoms with Crippen LogP contribution in [0.5, 0.6) is 0 Å². The number of rotatable bonds is 4. The number of Topliss-reactive ketones (excluding diaryl/α,β-unsaturated/α-hetero) is 1. The minimum absolute atomic E-state index is 0.141. The summed E-state index contributed by atoms with van der Waals surface area (Å²) in [6.07, 6.45) is 0. The molecule has 0 atom stereocenters. The smallest absolute Gasteiger partial charge is 0.381 e. The van der Waals surface area contributed by atoms with Crippen LogP contribution in [0.2, 0.25) is 0 Å². The van der Waals surface area contributed by atoms with E-state index in [1.165, 1.54) is 11.3 Å². The minimum Gasteiger partial charge on any atom is -0.460 e.